The van der Waals surface area contributed by atoms with Crippen molar-refractivity contribution >= 4 is 12.0 Å². The third kappa shape index (κ3) is 4.90. The molecule has 2 fully saturated rings. The van der Waals surface area contributed by atoms with Gasteiger partial charge in [-0.3, -0.25) is 4.79 Å². The van der Waals surface area contributed by atoms with Crippen LogP contribution in [0.25, 0.3) is 0 Å². The maximum atomic E-state index is 12.5. The fraction of sp³-hybridized carbons (Fsp3) is 0.875. The van der Waals surface area contributed by atoms with Gasteiger partial charge in [0.15, 0.2) is 0 Å². The average Bonchev–Trinajstić information content (AvgIpc) is 2.45. The molecule has 2 aliphatic rings. The van der Waals surface area contributed by atoms with Gasteiger partial charge in [0.2, 0.25) is 0 Å². The van der Waals surface area contributed by atoms with E-state index < -0.39 is 5.97 Å². The van der Waals surface area contributed by atoms with E-state index in [9.17, 15) is 9.59 Å². The lowest BCUT2D eigenvalue weighted by Gasteiger charge is -2.39. The number of urea groups is 1. The van der Waals surface area contributed by atoms with Crippen molar-refractivity contribution < 1.29 is 14.7 Å². The Bertz CT molecular complexity index is 378. The first-order valence-corrected chi connectivity index (χ1v) is 8.27. The van der Waals surface area contributed by atoms with Gasteiger partial charge < -0.3 is 15.3 Å². The van der Waals surface area contributed by atoms with Gasteiger partial charge >= 0.3 is 12.0 Å². The van der Waals surface area contributed by atoms with Crippen molar-refractivity contribution in [2.45, 2.75) is 70.3 Å². The Morgan fingerprint density at radius 2 is 1.95 bits per heavy atom. The first-order chi connectivity index (χ1) is 9.98. The SMILES string of the molecule is CC1(NC(=O)N2CCCC(CCC(=O)O)C2)CCCCC1. The number of piperidine rings is 1. The zero-order valence-corrected chi connectivity index (χ0v) is 13.1. The van der Waals surface area contributed by atoms with Crippen molar-refractivity contribution in [1.82, 2.24) is 10.2 Å². The van der Waals surface area contributed by atoms with Crippen molar-refractivity contribution in [2.75, 3.05) is 13.1 Å². The number of aliphatic carboxylic acids is 1. The highest BCUT2D eigenvalue weighted by Gasteiger charge is 2.31. The van der Waals surface area contributed by atoms with Crippen molar-refractivity contribution in [2.24, 2.45) is 5.92 Å². The quantitative estimate of drug-likeness (QED) is 0.838. The fourth-order valence-corrected chi connectivity index (χ4v) is 3.61. The number of nitrogens with zero attached hydrogens (tertiary/aromatic N) is 1. The Balaban J connectivity index is 1.82. The van der Waals surface area contributed by atoms with Crippen LogP contribution in [0.2, 0.25) is 0 Å². The molecule has 2 amide bonds. The van der Waals surface area contributed by atoms with Gasteiger partial charge in [0.05, 0.1) is 0 Å². The van der Waals surface area contributed by atoms with E-state index in [0.29, 0.717) is 18.9 Å². The summed E-state index contributed by atoms with van der Waals surface area (Å²) in [6, 6.07) is 0.0411. The van der Waals surface area contributed by atoms with E-state index >= 15 is 0 Å². The third-order valence-corrected chi connectivity index (χ3v) is 4.94. The lowest BCUT2D eigenvalue weighted by Crippen LogP contribution is -2.54. The number of carboxylic acid groups (broad SMARTS) is 1. The molecule has 2 rings (SSSR count). The molecule has 21 heavy (non-hydrogen) atoms. The van der Waals surface area contributed by atoms with Crippen LogP contribution >= 0.6 is 0 Å². The minimum Gasteiger partial charge on any atom is -0.481 e. The van der Waals surface area contributed by atoms with Gasteiger partial charge in [-0.05, 0) is 44.9 Å². The Morgan fingerprint density at radius 3 is 2.62 bits per heavy atom. The van der Waals surface area contributed by atoms with Gasteiger partial charge in [-0.2, -0.15) is 0 Å². The zero-order valence-electron chi connectivity index (χ0n) is 13.1. The standard InChI is InChI=1S/C16H28N2O3/c1-16(9-3-2-4-10-16)17-15(21)18-11-5-6-13(12-18)7-8-14(19)20/h13H,2-12H2,1H3,(H,17,21)(H,19,20). The van der Waals surface area contributed by atoms with E-state index in [2.05, 4.69) is 12.2 Å². The van der Waals surface area contributed by atoms with Crippen LogP contribution in [-0.2, 0) is 4.79 Å². The summed E-state index contributed by atoms with van der Waals surface area (Å²) >= 11 is 0. The molecule has 0 bridgehead atoms. The molecule has 0 aromatic carbocycles. The Morgan fingerprint density at radius 1 is 1.24 bits per heavy atom. The molecule has 1 aliphatic heterocycles. The first-order valence-electron chi connectivity index (χ1n) is 8.27. The molecule has 1 atom stereocenters. The van der Waals surface area contributed by atoms with E-state index in [1.165, 1.54) is 19.3 Å². The normalized spacial score (nSPS) is 25.4. The first kappa shape index (κ1) is 16.1. The van der Waals surface area contributed by atoms with Crippen LogP contribution in [0.4, 0.5) is 4.79 Å². The predicted octanol–water partition coefficient (Wildman–Crippen LogP) is 3.00. The van der Waals surface area contributed by atoms with Gasteiger partial charge in [-0.15, -0.1) is 0 Å². The van der Waals surface area contributed by atoms with Crippen LogP contribution in [0.5, 0.6) is 0 Å². The molecular weight excluding hydrogens is 268 g/mol. The van der Waals surface area contributed by atoms with Crippen molar-refractivity contribution in [3.63, 3.8) is 0 Å². The van der Waals surface area contributed by atoms with Crippen molar-refractivity contribution in [3.05, 3.63) is 0 Å². The Hall–Kier alpha value is -1.26. The molecule has 1 heterocycles. The van der Waals surface area contributed by atoms with Crippen LogP contribution in [-0.4, -0.2) is 40.6 Å². The second-order valence-electron chi connectivity index (χ2n) is 6.94. The second-order valence-corrected chi connectivity index (χ2v) is 6.94. The maximum absolute atomic E-state index is 12.5. The van der Waals surface area contributed by atoms with E-state index in [0.717, 1.165) is 32.2 Å². The van der Waals surface area contributed by atoms with Crippen LogP contribution in [0.1, 0.15) is 64.7 Å². The number of hydrogen-bond acceptors (Lipinski definition) is 2. The molecule has 0 radical (unpaired) electrons. The lowest BCUT2D eigenvalue weighted by molar-refractivity contribution is -0.137. The number of hydrogen-bond donors (Lipinski definition) is 2. The molecule has 5 nitrogen and oxygen atoms in total. The van der Waals surface area contributed by atoms with E-state index in [4.69, 9.17) is 5.11 Å². The van der Waals surface area contributed by atoms with E-state index in [1.54, 1.807) is 0 Å². The summed E-state index contributed by atoms with van der Waals surface area (Å²) in [4.78, 5) is 25.0. The summed E-state index contributed by atoms with van der Waals surface area (Å²) in [5.74, 6) is -0.411. The minimum atomic E-state index is -0.744. The van der Waals surface area contributed by atoms with Crippen molar-refractivity contribution in [1.29, 1.82) is 0 Å². The topological polar surface area (TPSA) is 69.6 Å². The van der Waals surface area contributed by atoms with Gasteiger partial charge in [0.25, 0.3) is 0 Å². The molecule has 0 aromatic rings. The van der Waals surface area contributed by atoms with Crippen molar-refractivity contribution in [3.8, 4) is 0 Å². The summed E-state index contributed by atoms with van der Waals surface area (Å²) in [5.41, 5.74) is -0.0522. The molecule has 1 saturated carbocycles. The largest absolute Gasteiger partial charge is 0.481 e. The van der Waals surface area contributed by atoms with Gasteiger partial charge in [-0.25, -0.2) is 4.79 Å². The number of carbonyl (C=O) groups excluding carboxylic acids is 1. The van der Waals surface area contributed by atoms with E-state index in [1.807, 2.05) is 4.90 Å². The second kappa shape index (κ2) is 7.14. The summed E-state index contributed by atoms with van der Waals surface area (Å²) in [6.07, 6.45) is 8.68. The number of carboxylic acids is 1. The number of rotatable bonds is 4. The highest BCUT2D eigenvalue weighted by molar-refractivity contribution is 5.75. The highest BCUT2D eigenvalue weighted by atomic mass is 16.4. The number of likely N-dealkylation sites (tertiary alicyclic amines) is 1. The Kier molecular flexibility index (Phi) is 5.48. The molecule has 1 saturated heterocycles. The smallest absolute Gasteiger partial charge is 0.317 e. The average molecular weight is 296 g/mol. The van der Waals surface area contributed by atoms with Gasteiger partial charge in [-0.1, -0.05) is 19.3 Å². The molecule has 5 heteroatoms. The monoisotopic (exact) mass is 296 g/mol. The van der Waals surface area contributed by atoms with Crippen LogP contribution in [0.3, 0.4) is 0 Å². The maximum Gasteiger partial charge on any atom is 0.317 e. The summed E-state index contributed by atoms with van der Waals surface area (Å²) in [7, 11) is 0. The molecule has 120 valence electrons. The zero-order chi connectivity index (χ0) is 15.3. The lowest BCUT2D eigenvalue weighted by atomic mass is 9.83. The number of amides is 2. The van der Waals surface area contributed by atoms with Gasteiger partial charge in [0, 0.05) is 25.0 Å². The summed E-state index contributed by atoms with van der Waals surface area (Å²) < 4.78 is 0. The van der Waals surface area contributed by atoms with Crippen LogP contribution in [0, 0.1) is 5.92 Å². The van der Waals surface area contributed by atoms with Crippen LogP contribution in [0.15, 0.2) is 0 Å². The number of carbonyl (C=O) groups is 2. The van der Waals surface area contributed by atoms with E-state index in [-0.39, 0.29) is 18.0 Å². The Labute approximate surface area is 127 Å². The van der Waals surface area contributed by atoms with Gasteiger partial charge in [0.1, 0.15) is 0 Å². The molecule has 0 aromatic heterocycles. The molecular formula is C16H28N2O3. The molecule has 0 spiro atoms. The number of nitrogens with one attached hydrogen (secondary N) is 1. The molecule has 1 unspecified atom stereocenters. The summed E-state index contributed by atoms with van der Waals surface area (Å²) in [6.45, 7) is 3.65. The minimum absolute atomic E-state index is 0.0411. The fourth-order valence-electron chi connectivity index (χ4n) is 3.61. The predicted molar refractivity (Wildman–Crippen MR) is 81.2 cm³/mol. The molecule has 2 N–H and O–H groups in total. The third-order valence-electron chi connectivity index (χ3n) is 4.94. The van der Waals surface area contributed by atoms with Crippen LogP contribution < -0.4 is 5.32 Å². The molecule has 1 aliphatic carbocycles. The highest BCUT2D eigenvalue weighted by Crippen LogP contribution is 2.28. The summed E-state index contributed by atoms with van der Waals surface area (Å²) in [5, 5.41) is 12.0.